The molecule has 6 heteroatoms. The highest BCUT2D eigenvalue weighted by Gasteiger charge is 2.25. The molecule has 23 heavy (non-hydrogen) atoms. The summed E-state index contributed by atoms with van der Waals surface area (Å²) in [6.45, 7) is 7.98. The van der Waals surface area contributed by atoms with Crippen molar-refractivity contribution in [3.8, 4) is 5.75 Å². The molecule has 0 radical (unpaired) electrons. The summed E-state index contributed by atoms with van der Waals surface area (Å²) < 4.78 is 0. The van der Waals surface area contributed by atoms with Crippen LogP contribution in [0.3, 0.4) is 0 Å². The summed E-state index contributed by atoms with van der Waals surface area (Å²) in [5, 5.41) is 12.6. The van der Waals surface area contributed by atoms with Gasteiger partial charge >= 0.3 is 0 Å². The molecule has 0 unspecified atom stereocenters. The van der Waals surface area contributed by atoms with Crippen molar-refractivity contribution < 1.29 is 14.7 Å². The zero-order valence-electron chi connectivity index (χ0n) is 14.0. The summed E-state index contributed by atoms with van der Waals surface area (Å²) >= 11 is 0. The Labute approximate surface area is 137 Å². The lowest BCUT2D eigenvalue weighted by molar-refractivity contribution is -0.135. The van der Waals surface area contributed by atoms with Gasteiger partial charge in [0.1, 0.15) is 5.75 Å². The number of carbonyl (C=O) groups excluding carboxylic acids is 2. The van der Waals surface area contributed by atoms with E-state index in [9.17, 15) is 14.7 Å². The normalized spacial score (nSPS) is 15.4. The van der Waals surface area contributed by atoms with Gasteiger partial charge in [-0.15, -0.1) is 0 Å². The second kappa shape index (κ2) is 6.89. The van der Waals surface area contributed by atoms with Crippen molar-refractivity contribution in [2.75, 3.05) is 37.6 Å². The van der Waals surface area contributed by atoms with Crippen molar-refractivity contribution in [3.63, 3.8) is 0 Å². The number of aromatic hydroxyl groups is 1. The molecule has 0 aromatic heterocycles. The highest BCUT2D eigenvalue weighted by atomic mass is 16.3. The van der Waals surface area contributed by atoms with Gasteiger partial charge in [0.15, 0.2) is 0 Å². The Hall–Kier alpha value is -2.24. The Morgan fingerprint density at radius 1 is 1.13 bits per heavy atom. The van der Waals surface area contributed by atoms with E-state index in [-0.39, 0.29) is 24.1 Å². The van der Waals surface area contributed by atoms with E-state index in [1.165, 1.54) is 0 Å². The minimum absolute atomic E-state index is 0.0344. The second-order valence-corrected chi connectivity index (χ2v) is 6.79. The second-order valence-electron chi connectivity index (χ2n) is 6.79. The van der Waals surface area contributed by atoms with Gasteiger partial charge < -0.3 is 20.2 Å². The molecule has 1 aliphatic rings. The van der Waals surface area contributed by atoms with Gasteiger partial charge in [0.25, 0.3) is 0 Å². The lowest BCUT2D eigenvalue weighted by Crippen LogP contribution is -2.52. The van der Waals surface area contributed by atoms with Crippen LogP contribution in [0.25, 0.3) is 0 Å². The van der Waals surface area contributed by atoms with Crippen LogP contribution in [0.2, 0.25) is 0 Å². The first-order valence-electron chi connectivity index (χ1n) is 7.88. The molecule has 6 nitrogen and oxygen atoms in total. The number of phenols is 1. The largest absolute Gasteiger partial charge is 0.506 e. The van der Waals surface area contributed by atoms with Gasteiger partial charge in [-0.2, -0.15) is 0 Å². The lowest BCUT2D eigenvalue weighted by Gasteiger charge is -2.36. The first kappa shape index (κ1) is 17.1. The van der Waals surface area contributed by atoms with Crippen LogP contribution >= 0.6 is 0 Å². The average molecular weight is 319 g/mol. The fourth-order valence-electron chi connectivity index (χ4n) is 2.46. The molecule has 1 heterocycles. The van der Waals surface area contributed by atoms with Crippen molar-refractivity contribution in [1.82, 2.24) is 10.2 Å². The quantitative estimate of drug-likeness (QED) is 0.878. The Morgan fingerprint density at radius 3 is 2.30 bits per heavy atom. The van der Waals surface area contributed by atoms with Crippen LogP contribution in [0.15, 0.2) is 24.3 Å². The maximum atomic E-state index is 12.2. The van der Waals surface area contributed by atoms with Crippen LogP contribution < -0.4 is 10.2 Å². The molecule has 1 aromatic carbocycles. The zero-order chi connectivity index (χ0) is 17.0. The number of benzene rings is 1. The minimum atomic E-state index is -0.496. The zero-order valence-corrected chi connectivity index (χ0v) is 14.0. The summed E-state index contributed by atoms with van der Waals surface area (Å²) in [6, 6.07) is 7.20. The smallest absolute Gasteiger partial charge is 0.242 e. The Morgan fingerprint density at radius 2 is 1.74 bits per heavy atom. The van der Waals surface area contributed by atoms with Crippen LogP contribution in [0, 0.1) is 5.41 Å². The molecule has 2 N–H and O–H groups in total. The van der Waals surface area contributed by atoms with E-state index >= 15 is 0 Å². The number of carbonyl (C=O) groups is 2. The third kappa shape index (κ3) is 4.37. The number of phenolic OH excluding ortho intramolecular Hbond substituents is 1. The van der Waals surface area contributed by atoms with Gasteiger partial charge in [0.05, 0.1) is 12.2 Å². The molecule has 0 spiro atoms. The lowest BCUT2D eigenvalue weighted by atomic mass is 9.96. The molecule has 0 saturated carbocycles. The number of rotatable bonds is 3. The van der Waals surface area contributed by atoms with Gasteiger partial charge in [0.2, 0.25) is 11.8 Å². The summed E-state index contributed by atoms with van der Waals surface area (Å²) in [5.41, 5.74) is 0.296. The van der Waals surface area contributed by atoms with Gasteiger partial charge in [-0.25, -0.2) is 0 Å². The molecule has 2 amide bonds. The molecule has 126 valence electrons. The number of hydrogen-bond donors (Lipinski definition) is 2. The minimum Gasteiger partial charge on any atom is -0.506 e. The third-order valence-electron chi connectivity index (χ3n) is 3.94. The molecule has 1 fully saturated rings. The summed E-state index contributed by atoms with van der Waals surface area (Å²) in [5.74, 6) is 0.0583. The maximum Gasteiger partial charge on any atom is 0.242 e. The standard InChI is InChI=1S/C17H25N3O3/c1-17(2,3)16(23)18-12-15(22)20-10-8-19(9-11-20)13-6-4-5-7-14(13)21/h4-7,21H,8-12H2,1-3H3,(H,18,23). The van der Waals surface area contributed by atoms with Crippen molar-refractivity contribution >= 4 is 17.5 Å². The number of piperazine rings is 1. The topological polar surface area (TPSA) is 72.9 Å². The van der Waals surface area contributed by atoms with E-state index in [0.717, 1.165) is 5.69 Å². The molecule has 0 atom stereocenters. The van der Waals surface area contributed by atoms with Crippen LogP contribution in [0.1, 0.15) is 20.8 Å². The molecule has 1 saturated heterocycles. The molecule has 0 aliphatic carbocycles. The Kier molecular flexibility index (Phi) is 5.13. The number of anilines is 1. The molecule has 1 aliphatic heterocycles. The highest BCUT2D eigenvalue weighted by molar-refractivity contribution is 5.87. The monoisotopic (exact) mass is 319 g/mol. The van der Waals surface area contributed by atoms with Gasteiger partial charge in [0, 0.05) is 31.6 Å². The van der Waals surface area contributed by atoms with Gasteiger partial charge in [-0.3, -0.25) is 9.59 Å². The van der Waals surface area contributed by atoms with Crippen LogP contribution in [-0.4, -0.2) is 54.5 Å². The first-order chi connectivity index (χ1) is 10.8. The predicted octanol–water partition coefficient (Wildman–Crippen LogP) is 1.20. The highest BCUT2D eigenvalue weighted by Crippen LogP contribution is 2.27. The van der Waals surface area contributed by atoms with Crippen molar-refractivity contribution in [2.24, 2.45) is 5.41 Å². The number of nitrogens with zero attached hydrogens (tertiary/aromatic N) is 2. The summed E-state index contributed by atoms with van der Waals surface area (Å²) in [7, 11) is 0. The molecular weight excluding hydrogens is 294 g/mol. The maximum absolute atomic E-state index is 12.2. The van der Waals surface area contributed by atoms with Crippen LogP contribution in [-0.2, 0) is 9.59 Å². The molecule has 2 rings (SSSR count). The van der Waals surface area contributed by atoms with Gasteiger partial charge in [-0.05, 0) is 12.1 Å². The van der Waals surface area contributed by atoms with Crippen molar-refractivity contribution in [2.45, 2.75) is 20.8 Å². The van der Waals surface area contributed by atoms with Gasteiger partial charge in [-0.1, -0.05) is 32.9 Å². The van der Waals surface area contributed by atoms with Crippen LogP contribution in [0.5, 0.6) is 5.75 Å². The van der Waals surface area contributed by atoms with E-state index in [4.69, 9.17) is 0 Å². The Balaban J connectivity index is 1.83. The number of para-hydroxylation sites is 2. The molecular formula is C17H25N3O3. The van der Waals surface area contributed by atoms with E-state index in [1.54, 1.807) is 17.0 Å². The van der Waals surface area contributed by atoms with E-state index in [0.29, 0.717) is 26.2 Å². The molecule has 1 aromatic rings. The Bertz CT molecular complexity index is 573. The summed E-state index contributed by atoms with van der Waals surface area (Å²) in [4.78, 5) is 27.8. The first-order valence-corrected chi connectivity index (χ1v) is 7.88. The number of nitrogens with one attached hydrogen (secondary N) is 1. The SMILES string of the molecule is CC(C)(C)C(=O)NCC(=O)N1CCN(c2ccccc2O)CC1. The number of hydrogen-bond acceptors (Lipinski definition) is 4. The van der Waals surface area contributed by atoms with E-state index in [1.807, 2.05) is 32.9 Å². The average Bonchev–Trinajstić information content (AvgIpc) is 2.52. The van der Waals surface area contributed by atoms with E-state index < -0.39 is 5.41 Å². The van der Waals surface area contributed by atoms with Crippen molar-refractivity contribution in [3.05, 3.63) is 24.3 Å². The fourth-order valence-corrected chi connectivity index (χ4v) is 2.46. The van der Waals surface area contributed by atoms with E-state index in [2.05, 4.69) is 10.2 Å². The van der Waals surface area contributed by atoms with Crippen LogP contribution in [0.4, 0.5) is 5.69 Å². The third-order valence-corrected chi connectivity index (χ3v) is 3.94. The summed E-state index contributed by atoms with van der Waals surface area (Å²) in [6.07, 6.45) is 0. The molecule has 0 bridgehead atoms. The van der Waals surface area contributed by atoms with Crippen molar-refractivity contribution in [1.29, 1.82) is 0 Å². The fraction of sp³-hybridized carbons (Fsp3) is 0.529. The number of amides is 2. The predicted molar refractivity (Wildman–Crippen MR) is 89.4 cm³/mol.